The van der Waals surface area contributed by atoms with Crippen molar-refractivity contribution >= 4 is 29.2 Å². The second kappa shape index (κ2) is 9.72. The van der Waals surface area contributed by atoms with Crippen LogP contribution in [0.4, 0.5) is 10.5 Å². The SMILES string of the molecule is CC(C)(C)OC(=O)N1CCN(c2ccc(-c3cnc4c(C5=CC=NC6C=C(O)C=CC56)cnn4c3)cc2)CC1. The topological polar surface area (TPSA) is 95.6 Å². The van der Waals surface area contributed by atoms with Gasteiger partial charge in [-0.1, -0.05) is 18.2 Å². The molecule has 9 heteroatoms. The van der Waals surface area contributed by atoms with Crippen LogP contribution in [0.25, 0.3) is 22.3 Å². The highest BCUT2D eigenvalue weighted by Crippen LogP contribution is 2.36. The Kier molecular flexibility index (Phi) is 6.21. The lowest BCUT2D eigenvalue weighted by Crippen LogP contribution is -2.50. The second-order valence-electron chi connectivity index (χ2n) is 11.1. The number of anilines is 1. The molecule has 2 aromatic heterocycles. The van der Waals surface area contributed by atoms with Gasteiger partial charge in [0, 0.05) is 67.5 Å². The van der Waals surface area contributed by atoms with Crippen LogP contribution in [0.15, 0.2) is 77.9 Å². The van der Waals surface area contributed by atoms with Crippen LogP contribution in [0.3, 0.4) is 0 Å². The number of allylic oxidation sites excluding steroid dienone is 2. The molecule has 1 saturated heterocycles. The van der Waals surface area contributed by atoms with Gasteiger partial charge in [0.25, 0.3) is 0 Å². The molecule has 200 valence electrons. The number of aliphatic hydroxyl groups excluding tert-OH is 1. The smallest absolute Gasteiger partial charge is 0.410 e. The molecular formula is C30H32N6O3. The van der Waals surface area contributed by atoms with E-state index in [-0.39, 0.29) is 23.8 Å². The lowest BCUT2D eigenvalue weighted by Gasteiger charge is -2.36. The number of nitrogens with zero attached hydrogens (tertiary/aromatic N) is 6. The molecule has 1 N–H and O–H groups in total. The normalized spacial score (nSPS) is 21.0. The molecule has 39 heavy (non-hydrogen) atoms. The molecule has 2 unspecified atom stereocenters. The minimum atomic E-state index is -0.486. The summed E-state index contributed by atoms with van der Waals surface area (Å²) in [4.78, 5) is 25.7. The highest BCUT2D eigenvalue weighted by Gasteiger charge is 2.29. The van der Waals surface area contributed by atoms with Gasteiger partial charge in [0.2, 0.25) is 0 Å². The van der Waals surface area contributed by atoms with Crippen molar-refractivity contribution < 1.29 is 14.6 Å². The number of carbonyl (C=O) groups is 1. The number of piperazine rings is 1. The Labute approximate surface area is 227 Å². The number of aromatic nitrogens is 3. The molecule has 1 amide bonds. The number of aliphatic imine (C=N–C) groups is 1. The summed E-state index contributed by atoms with van der Waals surface area (Å²) in [7, 11) is 0. The van der Waals surface area contributed by atoms with E-state index >= 15 is 0 Å². The maximum Gasteiger partial charge on any atom is 0.410 e. The van der Waals surface area contributed by atoms with Crippen molar-refractivity contribution in [3.05, 3.63) is 78.5 Å². The molecule has 4 heterocycles. The summed E-state index contributed by atoms with van der Waals surface area (Å²) in [5.74, 6) is 0.283. The molecule has 3 aromatic rings. The number of carbonyl (C=O) groups excluding carboxylic acids is 1. The Morgan fingerprint density at radius 1 is 1.05 bits per heavy atom. The molecule has 0 saturated carbocycles. The second-order valence-corrected chi connectivity index (χ2v) is 11.1. The molecule has 6 rings (SSSR count). The van der Waals surface area contributed by atoms with Crippen molar-refractivity contribution in [3.63, 3.8) is 0 Å². The summed E-state index contributed by atoms with van der Waals surface area (Å²) in [6.45, 7) is 8.45. The number of benzene rings is 1. The van der Waals surface area contributed by atoms with Crippen molar-refractivity contribution in [1.82, 2.24) is 19.5 Å². The first kappa shape index (κ1) is 24.9. The Morgan fingerprint density at radius 3 is 2.56 bits per heavy atom. The molecule has 2 atom stereocenters. The monoisotopic (exact) mass is 524 g/mol. The Morgan fingerprint density at radius 2 is 1.82 bits per heavy atom. The first-order valence-electron chi connectivity index (χ1n) is 13.2. The first-order valence-corrected chi connectivity index (χ1v) is 13.2. The number of aliphatic hydroxyl groups is 1. The van der Waals surface area contributed by atoms with Crippen LogP contribution in [0.5, 0.6) is 0 Å². The van der Waals surface area contributed by atoms with E-state index in [9.17, 15) is 9.90 Å². The number of dihydropyridines is 1. The molecule has 3 aliphatic rings. The van der Waals surface area contributed by atoms with E-state index in [1.165, 1.54) is 0 Å². The quantitative estimate of drug-likeness (QED) is 0.523. The zero-order valence-electron chi connectivity index (χ0n) is 22.4. The summed E-state index contributed by atoms with van der Waals surface area (Å²) >= 11 is 0. The molecule has 0 spiro atoms. The first-order chi connectivity index (χ1) is 18.7. The average molecular weight is 525 g/mol. The zero-order chi connectivity index (χ0) is 27.1. The van der Waals surface area contributed by atoms with Crippen molar-refractivity contribution in [2.75, 3.05) is 31.1 Å². The fourth-order valence-electron chi connectivity index (χ4n) is 5.24. The predicted octanol–water partition coefficient (Wildman–Crippen LogP) is 4.92. The van der Waals surface area contributed by atoms with Crippen molar-refractivity contribution in [2.45, 2.75) is 32.4 Å². The van der Waals surface area contributed by atoms with Crippen molar-refractivity contribution in [1.29, 1.82) is 0 Å². The largest absolute Gasteiger partial charge is 0.508 e. The van der Waals surface area contributed by atoms with Gasteiger partial charge in [-0.2, -0.15) is 5.10 Å². The summed E-state index contributed by atoms with van der Waals surface area (Å²) < 4.78 is 7.32. The van der Waals surface area contributed by atoms with E-state index in [0.717, 1.165) is 46.7 Å². The Balaban J connectivity index is 1.15. The molecule has 0 bridgehead atoms. The van der Waals surface area contributed by atoms with E-state index in [1.54, 1.807) is 23.3 Å². The van der Waals surface area contributed by atoms with E-state index in [0.29, 0.717) is 13.1 Å². The highest BCUT2D eigenvalue weighted by molar-refractivity contribution is 5.92. The third-order valence-corrected chi connectivity index (χ3v) is 7.22. The van der Waals surface area contributed by atoms with E-state index < -0.39 is 5.60 Å². The van der Waals surface area contributed by atoms with Gasteiger partial charge in [-0.25, -0.2) is 14.3 Å². The number of hydrogen-bond donors (Lipinski definition) is 1. The molecular weight excluding hydrogens is 492 g/mol. The third kappa shape index (κ3) is 5.04. The summed E-state index contributed by atoms with van der Waals surface area (Å²) in [5, 5.41) is 14.5. The van der Waals surface area contributed by atoms with Crippen LogP contribution >= 0.6 is 0 Å². The zero-order valence-corrected chi connectivity index (χ0v) is 22.4. The van der Waals surface area contributed by atoms with Gasteiger partial charge in [-0.15, -0.1) is 0 Å². The predicted molar refractivity (Wildman–Crippen MR) is 152 cm³/mol. The molecule has 1 fully saturated rings. The summed E-state index contributed by atoms with van der Waals surface area (Å²) in [6, 6.07) is 8.30. The van der Waals surface area contributed by atoms with Gasteiger partial charge in [0.15, 0.2) is 5.65 Å². The number of rotatable bonds is 3. The fourth-order valence-corrected chi connectivity index (χ4v) is 5.24. The van der Waals surface area contributed by atoms with Gasteiger partial charge in [0.05, 0.1) is 12.2 Å². The van der Waals surface area contributed by atoms with Crippen molar-refractivity contribution in [3.8, 4) is 11.1 Å². The molecule has 9 nitrogen and oxygen atoms in total. The Hall–Kier alpha value is -4.40. The minimum absolute atomic E-state index is 0.0407. The Bertz CT molecular complexity index is 1520. The number of fused-ring (bicyclic) bond motifs is 2. The number of hydrogen-bond acceptors (Lipinski definition) is 7. The van der Waals surface area contributed by atoms with Gasteiger partial charge in [-0.05, 0) is 62.3 Å². The average Bonchev–Trinajstić information content (AvgIpc) is 3.35. The third-order valence-electron chi connectivity index (χ3n) is 7.22. The minimum Gasteiger partial charge on any atom is -0.508 e. The van der Waals surface area contributed by atoms with Crippen LogP contribution in [0.1, 0.15) is 26.3 Å². The molecule has 1 aliphatic carbocycles. The lowest BCUT2D eigenvalue weighted by molar-refractivity contribution is 0.0240. The van der Waals surface area contributed by atoms with E-state index in [4.69, 9.17) is 9.72 Å². The standard InChI is InChI=1S/C30H32N6O3/c1-30(2,3)39-29(38)35-14-12-34(13-15-35)22-6-4-20(5-7-22)21-17-32-28-26(18-33-36(28)19-21)24-10-11-31-27-16-23(37)8-9-25(24)27/h4-11,16-19,25,27,37H,12-15H2,1-3H3. The summed E-state index contributed by atoms with van der Waals surface area (Å²) in [5.41, 5.74) is 5.49. The van der Waals surface area contributed by atoms with Crippen LogP contribution in [-0.4, -0.2) is 74.7 Å². The maximum absolute atomic E-state index is 12.4. The number of amides is 1. The molecule has 1 aromatic carbocycles. The highest BCUT2D eigenvalue weighted by atomic mass is 16.6. The van der Waals surface area contributed by atoms with Crippen LogP contribution in [0.2, 0.25) is 0 Å². The fraction of sp³-hybridized carbons (Fsp3) is 0.333. The van der Waals surface area contributed by atoms with Gasteiger partial charge < -0.3 is 19.6 Å². The van der Waals surface area contributed by atoms with Gasteiger partial charge in [-0.3, -0.25) is 4.99 Å². The van der Waals surface area contributed by atoms with E-state index in [2.05, 4.69) is 39.3 Å². The van der Waals surface area contributed by atoms with Gasteiger partial charge in [0.1, 0.15) is 11.4 Å². The van der Waals surface area contributed by atoms with Crippen LogP contribution in [0, 0.1) is 5.92 Å². The lowest BCUT2D eigenvalue weighted by atomic mass is 9.83. The molecule has 0 radical (unpaired) electrons. The van der Waals surface area contributed by atoms with Crippen LogP contribution in [-0.2, 0) is 4.74 Å². The number of ether oxygens (including phenoxy) is 1. The summed E-state index contributed by atoms with van der Waals surface area (Å²) in [6.07, 6.45) is 14.7. The van der Waals surface area contributed by atoms with E-state index in [1.807, 2.05) is 56.0 Å². The maximum atomic E-state index is 12.4. The van der Waals surface area contributed by atoms with Gasteiger partial charge >= 0.3 is 6.09 Å². The molecule has 2 aliphatic heterocycles. The van der Waals surface area contributed by atoms with Crippen LogP contribution < -0.4 is 4.90 Å². The van der Waals surface area contributed by atoms with Crippen molar-refractivity contribution in [2.24, 2.45) is 10.9 Å².